The number of anilines is 3. The van der Waals surface area contributed by atoms with E-state index in [4.69, 9.17) is 15.2 Å². The summed E-state index contributed by atoms with van der Waals surface area (Å²) in [7, 11) is 3.72. The number of likely N-dealkylation sites (N-methyl/N-ethyl adjacent to an activating group) is 1. The fraction of sp³-hybridized carbons (Fsp3) is 0.433. The van der Waals surface area contributed by atoms with Gasteiger partial charge in [-0.1, -0.05) is 6.58 Å². The number of aliphatic hydroxyl groups is 1. The van der Waals surface area contributed by atoms with E-state index in [0.717, 1.165) is 37.4 Å². The molecule has 5 rings (SSSR count). The molecule has 4 heterocycles. The highest BCUT2D eigenvalue weighted by atomic mass is 19.3. The average Bonchev–Trinajstić information content (AvgIpc) is 3.02. The first-order valence-electron chi connectivity index (χ1n) is 14.2. The molecule has 3 aromatic rings. The Bertz CT molecular complexity index is 1430. The lowest BCUT2D eigenvalue weighted by Crippen LogP contribution is -2.53. The molecule has 0 spiro atoms. The summed E-state index contributed by atoms with van der Waals surface area (Å²) in [6, 6.07) is 10.8. The first-order valence-corrected chi connectivity index (χ1v) is 14.2. The van der Waals surface area contributed by atoms with E-state index in [-0.39, 0.29) is 25.3 Å². The second kappa shape index (κ2) is 13.1. The highest BCUT2D eigenvalue weighted by Crippen LogP contribution is 2.35. The van der Waals surface area contributed by atoms with Crippen molar-refractivity contribution in [2.75, 3.05) is 70.2 Å². The molecule has 1 atom stereocenters. The van der Waals surface area contributed by atoms with Crippen LogP contribution in [0.1, 0.15) is 12.0 Å². The van der Waals surface area contributed by atoms with E-state index in [1.807, 2.05) is 12.1 Å². The number of methoxy groups -OCH3 is 1. The van der Waals surface area contributed by atoms with Crippen LogP contribution in [0.15, 0.2) is 55.0 Å². The zero-order chi connectivity index (χ0) is 30.6. The van der Waals surface area contributed by atoms with Gasteiger partial charge in [-0.25, -0.2) is 18.7 Å². The molecule has 0 bridgehead atoms. The van der Waals surface area contributed by atoms with Crippen LogP contribution in [0.2, 0.25) is 0 Å². The van der Waals surface area contributed by atoms with Crippen molar-refractivity contribution in [2.45, 2.75) is 25.0 Å². The van der Waals surface area contributed by atoms with Crippen molar-refractivity contribution in [3.8, 4) is 22.9 Å². The molecule has 1 aromatic carbocycles. The summed E-state index contributed by atoms with van der Waals surface area (Å²) >= 11 is 0. The largest absolute Gasteiger partial charge is 0.484 e. The molecule has 43 heavy (non-hydrogen) atoms. The monoisotopic (exact) mass is 596 g/mol. The number of likely N-dealkylation sites (tertiary alicyclic amines) is 1. The van der Waals surface area contributed by atoms with Crippen molar-refractivity contribution in [3.63, 3.8) is 0 Å². The Kier molecular flexibility index (Phi) is 9.23. The number of piperazine rings is 1. The fourth-order valence-electron chi connectivity index (χ4n) is 5.26. The molecule has 0 saturated carbocycles. The Labute approximate surface area is 249 Å². The molecule has 2 aromatic heterocycles. The van der Waals surface area contributed by atoms with Crippen molar-refractivity contribution in [3.05, 3.63) is 60.6 Å². The van der Waals surface area contributed by atoms with Crippen LogP contribution in [0, 0.1) is 0 Å². The molecule has 0 amide bonds. The molecule has 2 fully saturated rings. The smallest absolute Gasteiger partial charge is 0.301 e. The SMILES string of the molecule is C=C(CO)N1CC[C@H](Oc2ccc(-c3cc(Nc4ccc(N5CCN(C)CC5)c(OC)n4)ncn3)cc2CN)C(F)(F)C1. The van der Waals surface area contributed by atoms with Gasteiger partial charge in [-0.15, -0.1) is 0 Å². The predicted octanol–water partition coefficient (Wildman–Crippen LogP) is 3.10. The van der Waals surface area contributed by atoms with Crippen LogP contribution in [0.3, 0.4) is 0 Å². The van der Waals surface area contributed by atoms with E-state index >= 15 is 0 Å². The van der Waals surface area contributed by atoms with Crippen LogP contribution in [0.5, 0.6) is 11.6 Å². The molecular weight excluding hydrogens is 558 g/mol. The maximum absolute atomic E-state index is 14.9. The summed E-state index contributed by atoms with van der Waals surface area (Å²) in [5, 5.41) is 12.5. The van der Waals surface area contributed by atoms with Crippen molar-refractivity contribution < 1.29 is 23.4 Å². The normalized spacial score (nSPS) is 18.8. The molecule has 13 heteroatoms. The first kappa shape index (κ1) is 30.4. The van der Waals surface area contributed by atoms with Crippen LogP contribution in [0.25, 0.3) is 11.3 Å². The van der Waals surface area contributed by atoms with Crippen molar-refractivity contribution in [1.82, 2.24) is 24.8 Å². The topological polar surface area (TPSA) is 125 Å². The summed E-state index contributed by atoms with van der Waals surface area (Å²) in [4.78, 5) is 19.3. The van der Waals surface area contributed by atoms with Gasteiger partial charge in [0, 0.05) is 68.6 Å². The third-order valence-corrected chi connectivity index (χ3v) is 7.81. The maximum Gasteiger partial charge on any atom is 0.301 e. The lowest BCUT2D eigenvalue weighted by Gasteiger charge is -2.39. The van der Waals surface area contributed by atoms with Gasteiger partial charge in [-0.05, 0) is 37.4 Å². The number of rotatable bonds is 10. The molecule has 0 radical (unpaired) electrons. The zero-order valence-electron chi connectivity index (χ0n) is 24.5. The van der Waals surface area contributed by atoms with Crippen LogP contribution in [0.4, 0.5) is 26.1 Å². The first-order chi connectivity index (χ1) is 20.7. The number of nitrogens with zero attached hydrogens (tertiary/aromatic N) is 6. The Hall–Kier alpha value is -4.07. The minimum atomic E-state index is -3.13. The van der Waals surface area contributed by atoms with E-state index in [1.165, 1.54) is 11.2 Å². The van der Waals surface area contributed by atoms with Gasteiger partial charge in [0.25, 0.3) is 0 Å². The third kappa shape index (κ3) is 6.95. The number of ether oxygens (including phenoxy) is 2. The molecule has 230 valence electrons. The molecule has 0 unspecified atom stereocenters. The number of alkyl halides is 2. The molecular formula is C30H38F2N8O3. The minimum absolute atomic E-state index is 0.0773. The quantitative estimate of drug-likeness (QED) is 0.320. The number of hydrogen-bond acceptors (Lipinski definition) is 11. The van der Waals surface area contributed by atoms with Gasteiger partial charge >= 0.3 is 5.92 Å². The molecule has 11 nitrogen and oxygen atoms in total. The highest BCUT2D eigenvalue weighted by molar-refractivity contribution is 5.67. The van der Waals surface area contributed by atoms with Gasteiger partial charge in [0.2, 0.25) is 5.88 Å². The van der Waals surface area contributed by atoms with Crippen LogP contribution in [-0.2, 0) is 6.54 Å². The molecule has 0 aliphatic carbocycles. The van der Waals surface area contributed by atoms with E-state index in [2.05, 4.69) is 43.7 Å². The van der Waals surface area contributed by atoms with E-state index in [1.54, 1.807) is 31.4 Å². The van der Waals surface area contributed by atoms with Gasteiger partial charge in [0.05, 0.1) is 26.0 Å². The Morgan fingerprint density at radius 3 is 2.60 bits per heavy atom. The second-order valence-electron chi connectivity index (χ2n) is 10.8. The van der Waals surface area contributed by atoms with Crippen LogP contribution < -0.4 is 25.4 Å². The number of aliphatic hydroxyl groups excluding tert-OH is 1. The van der Waals surface area contributed by atoms with E-state index in [9.17, 15) is 13.9 Å². The van der Waals surface area contributed by atoms with Crippen molar-refractivity contribution in [2.24, 2.45) is 5.73 Å². The van der Waals surface area contributed by atoms with E-state index in [0.29, 0.717) is 41.1 Å². The van der Waals surface area contributed by atoms with Gasteiger partial charge in [-0.2, -0.15) is 4.98 Å². The third-order valence-electron chi connectivity index (χ3n) is 7.81. The number of benzene rings is 1. The van der Waals surface area contributed by atoms with Gasteiger partial charge in [0.1, 0.15) is 29.4 Å². The molecule has 2 aliphatic heterocycles. The maximum atomic E-state index is 14.9. The fourth-order valence-corrected chi connectivity index (χ4v) is 5.26. The Morgan fingerprint density at radius 1 is 1.12 bits per heavy atom. The van der Waals surface area contributed by atoms with Gasteiger partial charge < -0.3 is 40.3 Å². The number of halogens is 2. The number of hydrogen-bond donors (Lipinski definition) is 3. The average molecular weight is 597 g/mol. The second-order valence-corrected chi connectivity index (χ2v) is 10.8. The summed E-state index contributed by atoms with van der Waals surface area (Å²) in [6.07, 6.45) is 0.191. The van der Waals surface area contributed by atoms with Gasteiger partial charge in [0.15, 0.2) is 6.10 Å². The number of pyridine rings is 1. The summed E-state index contributed by atoms with van der Waals surface area (Å²) in [5.74, 6) is -1.21. The summed E-state index contributed by atoms with van der Waals surface area (Å²) < 4.78 is 41.2. The van der Waals surface area contributed by atoms with Crippen LogP contribution >= 0.6 is 0 Å². The lowest BCUT2D eigenvalue weighted by molar-refractivity contribution is -0.134. The standard InChI is InChI=1S/C30H38F2N8O3/c1-20(17-41)40-9-8-26(30(31,32)18-40)43-25-6-4-21(14-22(25)16-33)23-15-28(35-19-34-23)36-27-7-5-24(29(37-27)42-3)39-12-10-38(2)11-13-39/h4-7,14-15,19,26,41H,1,8-13,16-18,33H2,2-3H3,(H,34,35,36,37)/t26-/m0/s1. The summed E-state index contributed by atoms with van der Waals surface area (Å²) in [6.45, 7) is 6.86. The van der Waals surface area contributed by atoms with Crippen LogP contribution in [-0.4, -0.2) is 102 Å². The van der Waals surface area contributed by atoms with Crippen molar-refractivity contribution >= 4 is 17.3 Å². The number of nitrogens with one attached hydrogen (secondary N) is 1. The Morgan fingerprint density at radius 2 is 1.91 bits per heavy atom. The zero-order valence-corrected chi connectivity index (χ0v) is 24.5. The van der Waals surface area contributed by atoms with E-state index < -0.39 is 18.6 Å². The Balaban J connectivity index is 1.30. The van der Waals surface area contributed by atoms with Gasteiger partial charge in [-0.3, -0.25) is 0 Å². The highest BCUT2D eigenvalue weighted by Gasteiger charge is 2.46. The summed E-state index contributed by atoms with van der Waals surface area (Å²) in [5.41, 5.74) is 9.13. The number of piperidine rings is 1. The molecule has 2 aliphatic rings. The molecule has 4 N–H and O–H groups in total. The molecule has 2 saturated heterocycles. The minimum Gasteiger partial charge on any atom is -0.484 e. The number of aromatic nitrogens is 3. The lowest BCUT2D eigenvalue weighted by atomic mass is 10.0. The van der Waals surface area contributed by atoms with Crippen molar-refractivity contribution in [1.29, 1.82) is 0 Å². The number of nitrogens with two attached hydrogens (primary N) is 1. The predicted molar refractivity (Wildman–Crippen MR) is 161 cm³/mol.